The highest BCUT2D eigenvalue weighted by Gasteiger charge is 2.31. The second-order valence-electron chi connectivity index (χ2n) is 6.98. The Balaban J connectivity index is 1.78. The van der Waals surface area contributed by atoms with Gasteiger partial charge in [-0.3, -0.25) is 9.69 Å². The number of nitrogens with one attached hydrogen (secondary N) is 1. The van der Waals surface area contributed by atoms with E-state index in [0.717, 1.165) is 5.82 Å². The lowest BCUT2D eigenvalue weighted by molar-refractivity contribution is -0.128. The summed E-state index contributed by atoms with van der Waals surface area (Å²) in [5.74, 6) is 1.13. The van der Waals surface area contributed by atoms with Gasteiger partial charge >= 0.3 is 0 Å². The summed E-state index contributed by atoms with van der Waals surface area (Å²) in [4.78, 5) is 15.0. The number of carbonyl (C=O) groups is 1. The van der Waals surface area contributed by atoms with Crippen molar-refractivity contribution in [2.24, 2.45) is 7.05 Å². The monoisotopic (exact) mass is 375 g/mol. The van der Waals surface area contributed by atoms with E-state index in [0.29, 0.717) is 37.7 Å². The van der Waals surface area contributed by atoms with Gasteiger partial charge in [0.25, 0.3) is 0 Å². The first-order chi connectivity index (χ1) is 13.0. The van der Waals surface area contributed by atoms with Gasteiger partial charge in [-0.2, -0.15) is 0 Å². The van der Waals surface area contributed by atoms with Gasteiger partial charge in [-0.15, -0.1) is 10.2 Å². The normalized spacial score (nSPS) is 16.5. The molecule has 1 aliphatic rings. The van der Waals surface area contributed by atoms with Crippen LogP contribution < -0.4 is 5.32 Å². The smallest absolute Gasteiger partial charge is 0.242 e. The average molecular weight is 375 g/mol. The molecule has 0 saturated carbocycles. The number of halogens is 1. The first-order valence-electron chi connectivity index (χ1n) is 9.21. The Labute approximate surface area is 158 Å². The maximum atomic E-state index is 14.4. The second-order valence-corrected chi connectivity index (χ2v) is 6.98. The van der Waals surface area contributed by atoms with Crippen molar-refractivity contribution in [3.8, 4) is 0 Å². The van der Waals surface area contributed by atoms with Crippen LogP contribution in [0.15, 0.2) is 24.3 Å². The Morgan fingerprint density at radius 3 is 2.59 bits per heavy atom. The number of rotatable bonds is 6. The Bertz CT molecular complexity index is 786. The van der Waals surface area contributed by atoms with Gasteiger partial charge in [-0.1, -0.05) is 32.0 Å². The molecule has 0 unspecified atom stereocenters. The predicted molar refractivity (Wildman–Crippen MR) is 98.5 cm³/mol. The van der Waals surface area contributed by atoms with Gasteiger partial charge in [0, 0.05) is 31.6 Å². The number of amides is 1. The van der Waals surface area contributed by atoms with Crippen LogP contribution >= 0.6 is 0 Å². The highest BCUT2D eigenvalue weighted by atomic mass is 19.1. The van der Waals surface area contributed by atoms with E-state index in [4.69, 9.17) is 4.74 Å². The minimum absolute atomic E-state index is 0.240. The third-order valence-corrected chi connectivity index (χ3v) is 4.79. The molecule has 27 heavy (non-hydrogen) atoms. The van der Waals surface area contributed by atoms with Crippen LogP contribution in [0.4, 0.5) is 4.39 Å². The Morgan fingerprint density at radius 1 is 1.26 bits per heavy atom. The van der Waals surface area contributed by atoms with Crippen LogP contribution in [-0.4, -0.2) is 51.9 Å². The number of carbonyl (C=O) groups excluding carboxylic acids is 1. The predicted octanol–water partition coefficient (Wildman–Crippen LogP) is 1.77. The van der Waals surface area contributed by atoms with E-state index >= 15 is 0 Å². The summed E-state index contributed by atoms with van der Waals surface area (Å²) >= 11 is 0. The highest BCUT2D eigenvalue weighted by molar-refractivity contribution is 5.83. The molecular formula is C19H26FN5O2. The quantitative estimate of drug-likeness (QED) is 0.833. The molecule has 0 bridgehead atoms. The molecule has 1 atom stereocenters. The Hall–Kier alpha value is -2.32. The minimum atomic E-state index is -0.701. The van der Waals surface area contributed by atoms with E-state index in [2.05, 4.69) is 15.5 Å². The summed E-state index contributed by atoms with van der Waals surface area (Å²) in [6, 6.07) is 5.71. The third-order valence-electron chi connectivity index (χ3n) is 4.79. The molecule has 7 nitrogen and oxygen atoms in total. The molecule has 1 aliphatic heterocycles. The fourth-order valence-corrected chi connectivity index (χ4v) is 3.33. The summed E-state index contributed by atoms with van der Waals surface area (Å²) in [6.45, 7) is 6.53. The second kappa shape index (κ2) is 8.58. The van der Waals surface area contributed by atoms with Crippen molar-refractivity contribution < 1.29 is 13.9 Å². The third kappa shape index (κ3) is 4.33. The lowest BCUT2D eigenvalue weighted by atomic mass is 10.0. The number of nitrogens with zero attached hydrogens (tertiary/aromatic N) is 4. The van der Waals surface area contributed by atoms with Gasteiger partial charge < -0.3 is 14.6 Å². The maximum Gasteiger partial charge on any atom is 0.242 e. The molecule has 3 rings (SSSR count). The molecule has 0 radical (unpaired) electrons. The number of aromatic nitrogens is 3. The zero-order valence-corrected chi connectivity index (χ0v) is 16.0. The molecule has 2 aromatic rings. The maximum absolute atomic E-state index is 14.4. The summed E-state index contributed by atoms with van der Waals surface area (Å²) in [5.41, 5.74) is 0.373. The molecule has 2 heterocycles. The Kier molecular flexibility index (Phi) is 6.18. The van der Waals surface area contributed by atoms with Gasteiger partial charge in [0.05, 0.1) is 19.8 Å². The summed E-state index contributed by atoms with van der Waals surface area (Å²) in [5, 5.41) is 11.2. The molecule has 8 heteroatoms. The molecule has 1 aromatic carbocycles. The molecule has 1 amide bonds. The molecule has 1 N–H and O–H groups in total. The van der Waals surface area contributed by atoms with E-state index in [-0.39, 0.29) is 24.2 Å². The fourth-order valence-electron chi connectivity index (χ4n) is 3.33. The van der Waals surface area contributed by atoms with Crippen molar-refractivity contribution in [2.75, 3.05) is 26.3 Å². The first kappa shape index (κ1) is 19.4. The van der Waals surface area contributed by atoms with Crippen molar-refractivity contribution in [3.63, 3.8) is 0 Å². The Morgan fingerprint density at radius 2 is 1.96 bits per heavy atom. The van der Waals surface area contributed by atoms with Crippen LogP contribution in [0.3, 0.4) is 0 Å². The van der Waals surface area contributed by atoms with Crippen LogP contribution in [0.25, 0.3) is 0 Å². The van der Waals surface area contributed by atoms with E-state index in [1.165, 1.54) is 6.07 Å². The number of hydrogen-bond acceptors (Lipinski definition) is 5. The van der Waals surface area contributed by atoms with Crippen LogP contribution in [-0.2, 0) is 23.1 Å². The lowest BCUT2D eigenvalue weighted by Crippen LogP contribution is -2.46. The molecule has 0 spiro atoms. The summed E-state index contributed by atoms with van der Waals surface area (Å²) < 4.78 is 21.7. The van der Waals surface area contributed by atoms with E-state index in [9.17, 15) is 9.18 Å². The molecule has 0 aliphatic carbocycles. The summed E-state index contributed by atoms with van der Waals surface area (Å²) in [6.07, 6.45) is 0. The molecule has 1 saturated heterocycles. The number of ether oxygens (including phenoxy) is 1. The van der Waals surface area contributed by atoms with Gasteiger partial charge in [0.15, 0.2) is 5.82 Å². The average Bonchev–Trinajstić information content (AvgIpc) is 3.03. The fraction of sp³-hybridized carbons (Fsp3) is 0.526. The lowest BCUT2D eigenvalue weighted by Gasteiger charge is -2.33. The van der Waals surface area contributed by atoms with Crippen LogP contribution in [0.1, 0.15) is 43.0 Å². The van der Waals surface area contributed by atoms with E-state index in [1.54, 1.807) is 18.2 Å². The zero-order valence-electron chi connectivity index (χ0n) is 16.0. The van der Waals surface area contributed by atoms with Crippen molar-refractivity contribution in [1.29, 1.82) is 0 Å². The van der Waals surface area contributed by atoms with Gasteiger partial charge in [0.2, 0.25) is 5.91 Å². The summed E-state index contributed by atoms with van der Waals surface area (Å²) in [7, 11) is 1.88. The first-order valence-corrected chi connectivity index (χ1v) is 9.21. The SMILES string of the molecule is CC(C)c1nnc(CNC(=O)[C@@H](c2ccccc2F)N2CCOCC2)n1C. The number of benzene rings is 1. The molecule has 1 fully saturated rings. The van der Waals surface area contributed by atoms with Gasteiger partial charge in [-0.05, 0) is 6.07 Å². The van der Waals surface area contributed by atoms with Gasteiger partial charge in [0.1, 0.15) is 17.7 Å². The topological polar surface area (TPSA) is 72.3 Å². The van der Waals surface area contributed by atoms with Crippen molar-refractivity contribution in [1.82, 2.24) is 25.0 Å². The minimum Gasteiger partial charge on any atom is -0.379 e. The zero-order chi connectivity index (χ0) is 19.4. The van der Waals surface area contributed by atoms with E-state index < -0.39 is 6.04 Å². The van der Waals surface area contributed by atoms with Crippen molar-refractivity contribution >= 4 is 5.91 Å². The molecule has 146 valence electrons. The molecular weight excluding hydrogens is 349 g/mol. The van der Waals surface area contributed by atoms with Crippen molar-refractivity contribution in [2.45, 2.75) is 32.4 Å². The van der Waals surface area contributed by atoms with Gasteiger partial charge in [-0.25, -0.2) is 4.39 Å². The highest BCUT2D eigenvalue weighted by Crippen LogP contribution is 2.25. The standard InChI is InChI=1S/C19H26FN5O2/c1-13(2)18-23-22-16(24(18)3)12-21-19(26)17(25-8-10-27-11-9-25)14-6-4-5-7-15(14)20/h4-7,13,17H,8-12H2,1-3H3,(H,21,26)/t17-/m1/s1. The number of hydrogen-bond donors (Lipinski definition) is 1. The van der Waals surface area contributed by atoms with Crippen LogP contribution in [0, 0.1) is 5.82 Å². The van der Waals surface area contributed by atoms with Crippen LogP contribution in [0.5, 0.6) is 0 Å². The largest absolute Gasteiger partial charge is 0.379 e. The van der Waals surface area contributed by atoms with Crippen molar-refractivity contribution in [3.05, 3.63) is 47.3 Å². The number of morpholine rings is 1. The molecule has 1 aromatic heterocycles. The van der Waals surface area contributed by atoms with Crippen LogP contribution in [0.2, 0.25) is 0 Å². The van der Waals surface area contributed by atoms with E-state index in [1.807, 2.05) is 30.4 Å².